The van der Waals surface area contributed by atoms with Gasteiger partial charge in [0.1, 0.15) is 23.8 Å². The average Bonchev–Trinajstić information content (AvgIpc) is 3.28. The van der Waals surface area contributed by atoms with Gasteiger partial charge in [-0.25, -0.2) is 13.4 Å². The van der Waals surface area contributed by atoms with Crippen molar-refractivity contribution in [1.29, 1.82) is 0 Å². The molecule has 2 aromatic heterocycles. The number of aromatic amines is 1. The number of halogens is 1. The quantitative estimate of drug-likeness (QED) is 0.566. The van der Waals surface area contributed by atoms with E-state index in [0.717, 1.165) is 0 Å². The lowest BCUT2D eigenvalue weighted by Gasteiger charge is -2.33. The largest absolute Gasteiger partial charge is 0.486 e. The van der Waals surface area contributed by atoms with Crippen LogP contribution in [0, 0.1) is 0 Å². The topological polar surface area (TPSA) is 105 Å². The zero-order valence-electron chi connectivity index (χ0n) is 17.5. The third kappa shape index (κ3) is 4.17. The molecule has 0 saturated carbocycles. The molecule has 0 spiro atoms. The van der Waals surface area contributed by atoms with Crippen LogP contribution >= 0.6 is 11.6 Å². The summed E-state index contributed by atoms with van der Waals surface area (Å²) in [7, 11) is -3.70. The van der Waals surface area contributed by atoms with Crippen molar-refractivity contribution < 1.29 is 22.7 Å². The van der Waals surface area contributed by atoms with E-state index in [0.29, 0.717) is 59.4 Å². The number of amides is 1. The van der Waals surface area contributed by atoms with E-state index in [1.54, 1.807) is 41.4 Å². The SMILES string of the molecule is O=C(/C=C/c1cc(Cl)c2c(c1)OCCO2)N1CCN(S(=O)(=O)c2c[nH]c3ncccc23)CC1. The molecule has 0 radical (unpaired) electrons. The van der Waals surface area contributed by atoms with E-state index < -0.39 is 10.0 Å². The zero-order valence-corrected chi connectivity index (χ0v) is 19.1. The number of piperazine rings is 1. The summed E-state index contributed by atoms with van der Waals surface area (Å²) in [6.07, 6.45) is 6.18. The summed E-state index contributed by atoms with van der Waals surface area (Å²) >= 11 is 6.25. The fourth-order valence-electron chi connectivity index (χ4n) is 3.93. The summed E-state index contributed by atoms with van der Waals surface area (Å²) in [5, 5.41) is 0.975. The standard InChI is InChI=1S/C22H21ClN4O5S/c23-17-12-15(13-18-21(17)32-11-10-31-18)3-4-20(28)26-6-8-27(9-7-26)33(29,30)19-14-25-22-16(19)2-1-5-24-22/h1-5,12-14H,6-11H2,(H,24,25)/b4-3+. The summed E-state index contributed by atoms with van der Waals surface area (Å²) in [5.74, 6) is 0.858. The summed E-state index contributed by atoms with van der Waals surface area (Å²) in [6.45, 7) is 1.90. The molecule has 11 heteroatoms. The Morgan fingerprint density at radius 3 is 2.76 bits per heavy atom. The number of nitrogens with zero attached hydrogens (tertiary/aromatic N) is 3. The van der Waals surface area contributed by atoms with Crippen LogP contribution in [0.5, 0.6) is 11.5 Å². The summed E-state index contributed by atoms with van der Waals surface area (Å²) in [5.41, 5.74) is 1.24. The van der Waals surface area contributed by atoms with Crippen LogP contribution in [0.15, 0.2) is 47.6 Å². The third-order valence-electron chi connectivity index (χ3n) is 5.62. The van der Waals surface area contributed by atoms with Gasteiger partial charge in [0, 0.05) is 50.0 Å². The molecule has 0 bridgehead atoms. The van der Waals surface area contributed by atoms with E-state index in [1.807, 2.05) is 0 Å². The molecule has 2 aliphatic rings. The Morgan fingerprint density at radius 2 is 1.94 bits per heavy atom. The highest BCUT2D eigenvalue weighted by molar-refractivity contribution is 7.89. The van der Waals surface area contributed by atoms with E-state index >= 15 is 0 Å². The maximum Gasteiger partial charge on any atom is 0.246 e. The Kier molecular flexibility index (Phi) is 5.73. The first-order chi connectivity index (χ1) is 15.9. The van der Waals surface area contributed by atoms with Gasteiger partial charge in [-0.2, -0.15) is 4.31 Å². The molecule has 33 heavy (non-hydrogen) atoms. The van der Waals surface area contributed by atoms with Gasteiger partial charge in [0.2, 0.25) is 15.9 Å². The van der Waals surface area contributed by atoms with Crippen LogP contribution in [0.25, 0.3) is 17.1 Å². The van der Waals surface area contributed by atoms with Crippen LogP contribution in [0.1, 0.15) is 5.56 Å². The number of aromatic nitrogens is 2. The highest BCUT2D eigenvalue weighted by Crippen LogP contribution is 2.38. The minimum atomic E-state index is -3.70. The van der Waals surface area contributed by atoms with Crippen LogP contribution in [-0.2, 0) is 14.8 Å². The number of carbonyl (C=O) groups is 1. The molecule has 4 heterocycles. The van der Waals surface area contributed by atoms with Crippen LogP contribution in [0.2, 0.25) is 5.02 Å². The predicted molar refractivity (Wildman–Crippen MR) is 123 cm³/mol. The van der Waals surface area contributed by atoms with E-state index in [2.05, 4.69) is 9.97 Å². The first-order valence-electron chi connectivity index (χ1n) is 10.4. The molecule has 9 nitrogen and oxygen atoms in total. The van der Waals surface area contributed by atoms with Crippen LogP contribution in [0.4, 0.5) is 0 Å². The number of hydrogen-bond donors (Lipinski definition) is 1. The first kappa shape index (κ1) is 21.7. The normalized spacial score (nSPS) is 17.1. The Bertz CT molecular complexity index is 1350. The maximum absolute atomic E-state index is 13.1. The number of fused-ring (bicyclic) bond motifs is 2. The van der Waals surface area contributed by atoms with Gasteiger partial charge in [0.05, 0.1) is 5.02 Å². The number of ether oxygens (including phenoxy) is 2. The summed E-state index contributed by atoms with van der Waals surface area (Å²) in [4.78, 5) is 21.5. The van der Waals surface area contributed by atoms with Gasteiger partial charge < -0.3 is 19.4 Å². The van der Waals surface area contributed by atoms with Crippen molar-refractivity contribution in [3.8, 4) is 11.5 Å². The number of benzene rings is 1. The molecule has 1 N–H and O–H groups in total. The molecular formula is C22H21ClN4O5S. The van der Waals surface area contributed by atoms with Crippen molar-refractivity contribution in [2.45, 2.75) is 4.90 Å². The van der Waals surface area contributed by atoms with Crippen molar-refractivity contribution in [2.24, 2.45) is 0 Å². The van der Waals surface area contributed by atoms with Crippen LogP contribution < -0.4 is 9.47 Å². The lowest BCUT2D eigenvalue weighted by Crippen LogP contribution is -2.50. The molecular weight excluding hydrogens is 468 g/mol. The Hall–Kier alpha value is -3.08. The van der Waals surface area contributed by atoms with Crippen molar-refractivity contribution in [1.82, 2.24) is 19.2 Å². The average molecular weight is 489 g/mol. The minimum Gasteiger partial charge on any atom is -0.486 e. The fraction of sp³-hybridized carbons (Fsp3) is 0.273. The molecule has 1 amide bonds. The van der Waals surface area contributed by atoms with Crippen molar-refractivity contribution in [2.75, 3.05) is 39.4 Å². The number of H-pyrrole nitrogens is 1. The van der Waals surface area contributed by atoms with Gasteiger partial charge >= 0.3 is 0 Å². The Labute approximate surface area is 195 Å². The van der Waals surface area contributed by atoms with E-state index in [1.165, 1.54) is 16.6 Å². The molecule has 0 aliphatic carbocycles. The van der Waals surface area contributed by atoms with Crippen molar-refractivity contribution in [3.05, 3.63) is 53.3 Å². The van der Waals surface area contributed by atoms with Gasteiger partial charge in [-0.15, -0.1) is 0 Å². The minimum absolute atomic E-state index is 0.195. The van der Waals surface area contributed by atoms with Crippen LogP contribution in [-0.4, -0.2) is 72.9 Å². The summed E-state index contributed by atoms with van der Waals surface area (Å²) in [6, 6.07) is 6.90. The highest BCUT2D eigenvalue weighted by Gasteiger charge is 2.31. The van der Waals surface area contributed by atoms with E-state index in [4.69, 9.17) is 21.1 Å². The summed E-state index contributed by atoms with van der Waals surface area (Å²) < 4.78 is 38.7. The Morgan fingerprint density at radius 1 is 1.15 bits per heavy atom. The highest BCUT2D eigenvalue weighted by atomic mass is 35.5. The molecule has 0 unspecified atom stereocenters. The number of sulfonamides is 1. The van der Waals surface area contributed by atoms with Gasteiger partial charge in [0.25, 0.3) is 0 Å². The van der Waals surface area contributed by atoms with Crippen molar-refractivity contribution in [3.63, 3.8) is 0 Å². The predicted octanol–water partition coefficient (Wildman–Crippen LogP) is 2.53. The zero-order chi connectivity index (χ0) is 23.0. The number of carbonyl (C=O) groups excluding carboxylic acids is 1. The Balaban J connectivity index is 1.25. The number of pyridine rings is 1. The van der Waals surface area contributed by atoms with Crippen LogP contribution in [0.3, 0.4) is 0 Å². The van der Waals surface area contributed by atoms with E-state index in [-0.39, 0.29) is 23.9 Å². The molecule has 3 aromatic rings. The lowest BCUT2D eigenvalue weighted by atomic mass is 10.1. The second-order valence-electron chi connectivity index (χ2n) is 7.64. The number of nitrogens with one attached hydrogen (secondary N) is 1. The van der Waals surface area contributed by atoms with Crippen molar-refractivity contribution >= 4 is 44.6 Å². The maximum atomic E-state index is 13.1. The van der Waals surface area contributed by atoms with Gasteiger partial charge in [-0.3, -0.25) is 4.79 Å². The first-order valence-corrected chi connectivity index (χ1v) is 12.2. The smallest absolute Gasteiger partial charge is 0.246 e. The number of hydrogen-bond acceptors (Lipinski definition) is 6. The second-order valence-corrected chi connectivity index (χ2v) is 9.96. The molecule has 1 aromatic carbocycles. The molecule has 1 fully saturated rings. The monoisotopic (exact) mass is 488 g/mol. The lowest BCUT2D eigenvalue weighted by molar-refractivity contribution is -0.127. The number of rotatable bonds is 4. The molecule has 1 saturated heterocycles. The molecule has 0 atom stereocenters. The fourth-order valence-corrected chi connectivity index (χ4v) is 5.78. The second kappa shape index (κ2) is 8.69. The molecule has 2 aliphatic heterocycles. The molecule has 5 rings (SSSR count). The van der Waals surface area contributed by atoms with E-state index in [9.17, 15) is 13.2 Å². The van der Waals surface area contributed by atoms with Gasteiger partial charge in [0.15, 0.2) is 11.5 Å². The third-order valence-corrected chi connectivity index (χ3v) is 7.84. The van der Waals surface area contributed by atoms with Gasteiger partial charge in [-0.05, 0) is 35.9 Å². The molecule has 172 valence electrons. The van der Waals surface area contributed by atoms with Gasteiger partial charge in [-0.1, -0.05) is 11.6 Å².